The molecule has 1 aliphatic heterocycles. The first-order valence-electron chi connectivity index (χ1n) is 10.4. The highest BCUT2D eigenvalue weighted by Crippen LogP contribution is 2.32. The van der Waals surface area contributed by atoms with Crippen molar-refractivity contribution in [3.8, 4) is 0 Å². The fourth-order valence-electron chi connectivity index (χ4n) is 3.58. The lowest BCUT2D eigenvalue weighted by molar-refractivity contribution is -0.138. The Morgan fingerprint density at radius 2 is 1.58 bits per heavy atom. The highest BCUT2D eigenvalue weighted by Gasteiger charge is 2.36. The average Bonchev–Trinajstić information content (AvgIpc) is 2.84. The first-order valence-corrected chi connectivity index (χ1v) is 10.4. The van der Waals surface area contributed by atoms with E-state index in [1.165, 1.54) is 23.1 Å². The van der Waals surface area contributed by atoms with Gasteiger partial charge in [0.25, 0.3) is 5.91 Å². The third-order valence-corrected chi connectivity index (χ3v) is 5.31. The third-order valence-electron chi connectivity index (χ3n) is 5.31. The predicted octanol–water partition coefficient (Wildman–Crippen LogP) is 4.54. The Morgan fingerprint density at radius 1 is 0.879 bits per heavy atom. The monoisotopic (exact) mass is 453 g/mol. The number of hydrogen-bond donors (Lipinski definition) is 1. The molecule has 2 aromatic carbocycles. The van der Waals surface area contributed by atoms with Gasteiger partial charge in [0, 0.05) is 32.4 Å². The summed E-state index contributed by atoms with van der Waals surface area (Å²) in [6.45, 7) is 1.50. The van der Waals surface area contributed by atoms with E-state index in [-0.39, 0.29) is 5.56 Å². The number of aromatic nitrogens is 2. The van der Waals surface area contributed by atoms with Gasteiger partial charge in [0.2, 0.25) is 0 Å². The van der Waals surface area contributed by atoms with Crippen molar-refractivity contribution in [3.63, 3.8) is 0 Å². The lowest BCUT2D eigenvalue weighted by atomic mass is 10.1. The Bertz CT molecular complexity index is 1110. The van der Waals surface area contributed by atoms with Crippen molar-refractivity contribution in [2.75, 3.05) is 36.4 Å². The molecule has 4 rings (SSSR count). The molecule has 33 heavy (non-hydrogen) atoms. The van der Waals surface area contributed by atoms with E-state index in [9.17, 15) is 18.0 Å². The molecule has 0 saturated carbocycles. The van der Waals surface area contributed by atoms with Crippen molar-refractivity contribution >= 4 is 23.6 Å². The molecule has 1 N–H and O–H groups in total. The predicted molar refractivity (Wildman–Crippen MR) is 121 cm³/mol. The topological polar surface area (TPSA) is 61.4 Å². The van der Waals surface area contributed by atoms with Crippen LogP contribution in [0.4, 0.5) is 24.8 Å². The third kappa shape index (κ3) is 5.49. The van der Waals surface area contributed by atoms with Crippen LogP contribution in [0.2, 0.25) is 0 Å². The van der Waals surface area contributed by atoms with Gasteiger partial charge in [-0.3, -0.25) is 4.79 Å². The summed E-state index contributed by atoms with van der Waals surface area (Å²) in [5, 5.41) is 11.5. The van der Waals surface area contributed by atoms with E-state index in [0.717, 1.165) is 11.6 Å². The van der Waals surface area contributed by atoms with Gasteiger partial charge >= 0.3 is 6.18 Å². The van der Waals surface area contributed by atoms with Crippen LogP contribution < -0.4 is 10.2 Å². The van der Waals surface area contributed by atoms with Crippen molar-refractivity contribution in [1.82, 2.24) is 15.1 Å². The molecule has 0 aliphatic carbocycles. The molecule has 1 aromatic heterocycles. The molecule has 6 nitrogen and oxygen atoms in total. The van der Waals surface area contributed by atoms with E-state index in [1.54, 1.807) is 12.3 Å². The van der Waals surface area contributed by atoms with Gasteiger partial charge in [-0.25, -0.2) is 0 Å². The van der Waals surface area contributed by atoms with Crippen molar-refractivity contribution in [2.45, 2.75) is 6.18 Å². The Morgan fingerprint density at radius 3 is 2.24 bits per heavy atom. The minimum Gasteiger partial charge on any atom is -0.352 e. The average molecular weight is 453 g/mol. The minimum absolute atomic E-state index is 0.298. The van der Waals surface area contributed by atoms with Crippen molar-refractivity contribution < 1.29 is 18.0 Å². The Balaban J connectivity index is 1.34. The zero-order valence-corrected chi connectivity index (χ0v) is 17.7. The summed E-state index contributed by atoms with van der Waals surface area (Å²) < 4.78 is 39.8. The lowest BCUT2D eigenvalue weighted by Crippen LogP contribution is -2.49. The van der Waals surface area contributed by atoms with E-state index in [1.807, 2.05) is 47.4 Å². The first-order chi connectivity index (χ1) is 15.9. The lowest BCUT2D eigenvalue weighted by Gasteiger charge is -2.35. The van der Waals surface area contributed by atoms with Gasteiger partial charge < -0.3 is 15.1 Å². The fraction of sp³-hybridized carbons (Fsp3) is 0.208. The second kappa shape index (κ2) is 9.72. The maximum Gasteiger partial charge on any atom is 0.417 e. The summed E-state index contributed by atoms with van der Waals surface area (Å²) in [6, 6.07) is 18.3. The highest BCUT2D eigenvalue weighted by atomic mass is 19.4. The van der Waals surface area contributed by atoms with Crippen LogP contribution in [0.5, 0.6) is 0 Å². The van der Waals surface area contributed by atoms with Gasteiger partial charge in [0.15, 0.2) is 11.6 Å². The van der Waals surface area contributed by atoms with Gasteiger partial charge in [-0.15, -0.1) is 10.2 Å². The molecule has 2 heterocycles. The molecular formula is C24H22F3N5O. The number of anilines is 2. The van der Waals surface area contributed by atoms with Crippen LogP contribution in [-0.4, -0.2) is 47.2 Å². The molecule has 0 unspecified atom stereocenters. The summed E-state index contributed by atoms with van der Waals surface area (Å²) in [5.74, 6) is 0.622. The SMILES string of the molecule is O=C(c1ccccc1C(F)(F)F)N1CCN(c2ccc(NC=Cc3ccccc3)nn2)CC1. The van der Waals surface area contributed by atoms with Gasteiger partial charge in [-0.05, 0) is 35.9 Å². The molecule has 0 bridgehead atoms. The van der Waals surface area contributed by atoms with Crippen LogP contribution >= 0.6 is 0 Å². The largest absolute Gasteiger partial charge is 0.417 e. The maximum absolute atomic E-state index is 13.3. The van der Waals surface area contributed by atoms with Gasteiger partial charge in [-0.1, -0.05) is 42.5 Å². The molecule has 1 amide bonds. The Kier molecular flexibility index (Phi) is 6.58. The number of nitrogens with zero attached hydrogens (tertiary/aromatic N) is 4. The maximum atomic E-state index is 13.3. The van der Waals surface area contributed by atoms with Gasteiger partial charge in [0.1, 0.15) is 0 Å². The number of alkyl halides is 3. The van der Waals surface area contributed by atoms with E-state index in [2.05, 4.69) is 15.5 Å². The number of halogens is 3. The van der Waals surface area contributed by atoms with Crippen molar-refractivity contribution in [1.29, 1.82) is 0 Å². The molecule has 170 valence electrons. The van der Waals surface area contributed by atoms with E-state index in [4.69, 9.17) is 0 Å². The van der Waals surface area contributed by atoms with E-state index < -0.39 is 17.6 Å². The smallest absolute Gasteiger partial charge is 0.352 e. The first kappa shape index (κ1) is 22.3. The Hall–Kier alpha value is -3.88. The molecular weight excluding hydrogens is 431 g/mol. The van der Waals surface area contributed by atoms with Gasteiger partial charge in [0.05, 0.1) is 11.1 Å². The molecule has 3 aromatic rings. The van der Waals surface area contributed by atoms with E-state index >= 15 is 0 Å². The summed E-state index contributed by atoms with van der Waals surface area (Å²) in [6.07, 6.45) is -0.874. The van der Waals surface area contributed by atoms with E-state index in [0.29, 0.717) is 37.8 Å². The van der Waals surface area contributed by atoms with Crippen molar-refractivity contribution in [2.24, 2.45) is 0 Å². The van der Waals surface area contributed by atoms with Crippen LogP contribution in [0.1, 0.15) is 21.5 Å². The standard InChI is InChI=1S/C24H22F3N5O/c25-24(26,27)20-9-5-4-8-19(20)23(33)32-16-14-31(15-17-32)22-11-10-21(29-30-22)28-13-12-18-6-2-1-3-7-18/h1-13H,14-17H2,(H,28,29). The van der Waals surface area contributed by atoms with Crippen LogP contribution in [0.15, 0.2) is 72.9 Å². The number of carbonyl (C=O) groups is 1. The fourth-order valence-corrected chi connectivity index (χ4v) is 3.58. The number of hydrogen-bond acceptors (Lipinski definition) is 5. The molecule has 0 atom stereocenters. The molecule has 9 heteroatoms. The molecule has 1 aliphatic rings. The van der Waals surface area contributed by atoms with Crippen LogP contribution in [-0.2, 0) is 6.18 Å². The Labute approximate surface area is 189 Å². The highest BCUT2D eigenvalue weighted by molar-refractivity contribution is 5.96. The van der Waals surface area contributed by atoms with Gasteiger partial charge in [-0.2, -0.15) is 13.2 Å². The summed E-state index contributed by atoms with van der Waals surface area (Å²) >= 11 is 0. The molecule has 1 saturated heterocycles. The number of nitrogens with one attached hydrogen (secondary N) is 1. The summed E-state index contributed by atoms with van der Waals surface area (Å²) in [5.41, 5.74) is -0.176. The van der Waals surface area contributed by atoms with Crippen LogP contribution in [0.3, 0.4) is 0 Å². The van der Waals surface area contributed by atoms with Crippen molar-refractivity contribution in [3.05, 3.63) is 89.6 Å². The zero-order valence-electron chi connectivity index (χ0n) is 17.7. The quantitative estimate of drug-likeness (QED) is 0.615. The normalized spacial score (nSPS) is 14.5. The number of piperazine rings is 1. The number of benzene rings is 2. The second-order valence-electron chi connectivity index (χ2n) is 7.49. The number of rotatable bonds is 5. The van der Waals surface area contributed by atoms with Crippen LogP contribution in [0, 0.1) is 0 Å². The summed E-state index contributed by atoms with van der Waals surface area (Å²) in [4.78, 5) is 16.1. The molecule has 1 fully saturated rings. The molecule has 0 spiro atoms. The second-order valence-corrected chi connectivity index (χ2v) is 7.49. The zero-order chi connectivity index (χ0) is 23.3. The van der Waals surface area contributed by atoms with Crippen LogP contribution in [0.25, 0.3) is 6.08 Å². The minimum atomic E-state index is -4.57. The summed E-state index contributed by atoms with van der Waals surface area (Å²) in [7, 11) is 0. The number of carbonyl (C=O) groups excluding carboxylic acids is 1. The number of amides is 1. The molecule has 0 radical (unpaired) electrons.